The van der Waals surface area contributed by atoms with Gasteiger partial charge in [0.05, 0.1) is 11.4 Å². The van der Waals surface area contributed by atoms with E-state index in [1.807, 2.05) is 44.1 Å². The van der Waals surface area contributed by atoms with Crippen LogP contribution in [0.15, 0.2) is 4.79 Å². The van der Waals surface area contributed by atoms with Crippen molar-refractivity contribution in [3.05, 3.63) is 26.6 Å². The molecule has 1 saturated heterocycles. The number of piperidine rings is 1. The number of thiophene rings is 1. The fourth-order valence-corrected chi connectivity index (χ4v) is 4.93. The molecule has 5 nitrogen and oxygen atoms in total. The zero-order valence-electron chi connectivity index (χ0n) is 17.5. The standard InChI is InChI=1S/C21H31N3O2S/c1-12(2)17-22-18-16(13(3)14(4)27-18)19(25)24(17)15-9-8-10-23(11-15)20(26)21(5,6)7/h12,15H,8-11H2,1-7H3/t15-/m0/s1. The predicted octanol–water partition coefficient (Wildman–Crippen LogP) is 4.41. The summed E-state index contributed by atoms with van der Waals surface area (Å²) in [6.45, 7) is 15.4. The van der Waals surface area contributed by atoms with E-state index in [0.717, 1.165) is 45.9 Å². The van der Waals surface area contributed by atoms with Crippen LogP contribution in [0, 0.1) is 19.3 Å². The molecule has 1 aliphatic heterocycles. The average Bonchev–Trinajstić information content (AvgIpc) is 2.87. The SMILES string of the molecule is Cc1sc2nc(C(C)C)n([C@H]3CCCN(C(=O)C(C)(C)C)C3)c(=O)c2c1C. The molecule has 0 spiro atoms. The number of aryl methyl sites for hydroxylation is 2. The van der Waals surface area contributed by atoms with E-state index in [4.69, 9.17) is 4.98 Å². The first-order valence-corrected chi connectivity index (χ1v) is 10.7. The minimum absolute atomic E-state index is 0.00791. The topological polar surface area (TPSA) is 55.2 Å². The number of carbonyl (C=O) groups is 1. The summed E-state index contributed by atoms with van der Waals surface area (Å²) in [4.78, 5) is 35.1. The minimum Gasteiger partial charge on any atom is -0.340 e. The van der Waals surface area contributed by atoms with Crippen LogP contribution in [0.5, 0.6) is 0 Å². The molecule has 6 heteroatoms. The van der Waals surface area contributed by atoms with Crippen LogP contribution in [0.25, 0.3) is 10.2 Å². The summed E-state index contributed by atoms with van der Waals surface area (Å²) in [5.74, 6) is 1.14. The normalized spacial score (nSPS) is 18.5. The van der Waals surface area contributed by atoms with Crippen molar-refractivity contribution >= 4 is 27.5 Å². The van der Waals surface area contributed by atoms with Crippen LogP contribution in [0.3, 0.4) is 0 Å². The molecule has 1 atom stereocenters. The molecule has 0 aromatic carbocycles. The molecule has 3 heterocycles. The first-order valence-electron chi connectivity index (χ1n) is 9.84. The molecular formula is C21H31N3O2S. The van der Waals surface area contributed by atoms with Crippen molar-refractivity contribution in [3.63, 3.8) is 0 Å². The molecule has 148 valence electrons. The van der Waals surface area contributed by atoms with E-state index in [1.165, 1.54) is 0 Å². The first kappa shape index (κ1) is 20.1. The molecule has 27 heavy (non-hydrogen) atoms. The highest BCUT2D eigenvalue weighted by Gasteiger charge is 2.33. The highest BCUT2D eigenvalue weighted by molar-refractivity contribution is 7.18. The maximum absolute atomic E-state index is 13.5. The van der Waals surface area contributed by atoms with Gasteiger partial charge in [-0.05, 0) is 32.3 Å². The van der Waals surface area contributed by atoms with Crippen molar-refractivity contribution in [2.24, 2.45) is 5.41 Å². The van der Waals surface area contributed by atoms with E-state index in [0.29, 0.717) is 6.54 Å². The lowest BCUT2D eigenvalue weighted by Gasteiger charge is -2.37. The molecule has 0 saturated carbocycles. The smallest absolute Gasteiger partial charge is 0.262 e. The second-order valence-electron chi connectivity index (χ2n) is 9.06. The summed E-state index contributed by atoms with van der Waals surface area (Å²) < 4.78 is 1.90. The van der Waals surface area contributed by atoms with E-state index < -0.39 is 5.41 Å². The van der Waals surface area contributed by atoms with Gasteiger partial charge < -0.3 is 4.90 Å². The monoisotopic (exact) mass is 389 g/mol. The van der Waals surface area contributed by atoms with Crippen molar-refractivity contribution < 1.29 is 4.79 Å². The maximum atomic E-state index is 13.5. The summed E-state index contributed by atoms with van der Waals surface area (Å²) in [6, 6.07) is -0.00791. The number of nitrogens with zero attached hydrogens (tertiary/aromatic N) is 3. The van der Waals surface area contributed by atoms with E-state index >= 15 is 0 Å². The lowest BCUT2D eigenvalue weighted by molar-refractivity contribution is -0.141. The largest absolute Gasteiger partial charge is 0.340 e. The van der Waals surface area contributed by atoms with E-state index in [2.05, 4.69) is 13.8 Å². The maximum Gasteiger partial charge on any atom is 0.262 e. The number of aromatic nitrogens is 2. The molecule has 0 radical (unpaired) electrons. The van der Waals surface area contributed by atoms with E-state index in [-0.39, 0.29) is 23.4 Å². The predicted molar refractivity (Wildman–Crippen MR) is 112 cm³/mol. The Kier molecular flexibility index (Phi) is 5.23. The lowest BCUT2D eigenvalue weighted by atomic mass is 9.92. The quantitative estimate of drug-likeness (QED) is 0.764. The molecule has 0 N–H and O–H groups in total. The summed E-state index contributed by atoms with van der Waals surface area (Å²) in [7, 11) is 0. The van der Waals surface area contributed by atoms with Crippen LogP contribution < -0.4 is 5.56 Å². The van der Waals surface area contributed by atoms with Gasteiger partial charge in [0.1, 0.15) is 10.7 Å². The lowest BCUT2D eigenvalue weighted by Crippen LogP contribution is -2.47. The van der Waals surface area contributed by atoms with Crippen LogP contribution in [-0.4, -0.2) is 33.4 Å². The zero-order chi connectivity index (χ0) is 20.1. The Bertz CT molecular complexity index is 934. The molecular weight excluding hydrogens is 358 g/mol. The first-order chi connectivity index (χ1) is 12.5. The second kappa shape index (κ2) is 7.04. The number of likely N-dealkylation sites (tertiary alicyclic amines) is 1. The highest BCUT2D eigenvalue weighted by Crippen LogP contribution is 2.31. The molecule has 2 aromatic rings. The number of fused-ring (bicyclic) bond motifs is 1. The van der Waals surface area contributed by atoms with Gasteiger partial charge in [-0.1, -0.05) is 34.6 Å². The van der Waals surface area contributed by atoms with Gasteiger partial charge in [0, 0.05) is 29.3 Å². The molecule has 0 unspecified atom stereocenters. The van der Waals surface area contributed by atoms with Crippen LogP contribution in [0.4, 0.5) is 0 Å². The van der Waals surface area contributed by atoms with Gasteiger partial charge in [0.25, 0.3) is 5.56 Å². The number of rotatable bonds is 2. The fourth-order valence-electron chi connectivity index (χ4n) is 3.91. The van der Waals surface area contributed by atoms with Crippen LogP contribution in [0.1, 0.15) is 75.7 Å². The third-order valence-electron chi connectivity index (χ3n) is 5.47. The van der Waals surface area contributed by atoms with Gasteiger partial charge in [-0.15, -0.1) is 11.3 Å². The van der Waals surface area contributed by atoms with Crippen LogP contribution >= 0.6 is 11.3 Å². The number of hydrogen-bond acceptors (Lipinski definition) is 4. The van der Waals surface area contributed by atoms with Gasteiger partial charge in [-0.2, -0.15) is 0 Å². The molecule has 1 fully saturated rings. The van der Waals surface area contributed by atoms with Gasteiger partial charge in [0.15, 0.2) is 0 Å². The Hall–Kier alpha value is -1.69. The van der Waals surface area contributed by atoms with Crippen molar-refractivity contribution in [1.29, 1.82) is 0 Å². The molecule has 2 aromatic heterocycles. The Labute approximate surface area is 165 Å². The van der Waals surface area contributed by atoms with Crippen LogP contribution in [0.2, 0.25) is 0 Å². The number of carbonyl (C=O) groups excluding carboxylic acids is 1. The Morgan fingerprint density at radius 2 is 1.93 bits per heavy atom. The van der Waals surface area contributed by atoms with Crippen molar-refractivity contribution in [2.75, 3.05) is 13.1 Å². The third kappa shape index (κ3) is 3.56. The molecule has 3 rings (SSSR count). The van der Waals surface area contributed by atoms with E-state index in [1.54, 1.807) is 11.3 Å². The van der Waals surface area contributed by atoms with E-state index in [9.17, 15) is 9.59 Å². The summed E-state index contributed by atoms with van der Waals surface area (Å²) in [5, 5.41) is 0.751. The summed E-state index contributed by atoms with van der Waals surface area (Å²) in [5.41, 5.74) is 0.687. The molecule has 1 aliphatic rings. The summed E-state index contributed by atoms with van der Waals surface area (Å²) >= 11 is 1.60. The Balaban J connectivity index is 2.11. The minimum atomic E-state index is -0.406. The van der Waals surface area contributed by atoms with Gasteiger partial charge in [0.2, 0.25) is 5.91 Å². The van der Waals surface area contributed by atoms with Crippen LogP contribution in [-0.2, 0) is 4.79 Å². The Morgan fingerprint density at radius 1 is 1.26 bits per heavy atom. The third-order valence-corrected chi connectivity index (χ3v) is 6.57. The second-order valence-corrected chi connectivity index (χ2v) is 10.3. The summed E-state index contributed by atoms with van der Waals surface area (Å²) in [6.07, 6.45) is 1.82. The molecule has 0 aliphatic carbocycles. The molecule has 0 bridgehead atoms. The van der Waals surface area contributed by atoms with Crippen molar-refractivity contribution in [1.82, 2.24) is 14.5 Å². The van der Waals surface area contributed by atoms with Crippen molar-refractivity contribution in [2.45, 2.75) is 73.3 Å². The fraction of sp³-hybridized carbons (Fsp3) is 0.667. The van der Waals surface area contributed by atoms with Gasteiger partial charge >= 0.3 is 0 Å². The number of amides is 1. The van der Waals surface area contributed by atoms with Crippen molar-refractivity contribution in [3.8, 4) is 0 Å². The van der Waals surface area contributed by atoms with Gasteiger partial charge in [-0.25, -0.2) is 4.98 Å². The zero-order valence-corrected chi connectivity index (χ0v) is 18.4. The Morgan fingerprint density at radius 3 is 2.52 bits per heavy atom. The number of hydrogen-bond donors (Lipinski definition) is 0. The van der Waals surface area contributed by atoms with Gasteiger partial charge in [-0.3, -0.25) is 14.2 Å². The highest BCUT2D eigenvalue weighted by atomic mass is 32.1. The average molecular weight is 390 g/mol. The molecule has 1 amide bonds.